The number of amides is 1. The summed E-state index contributed by atoms with van der Waals surface area (Å²) in [7, 11) is -3.57. The zero-order valence-corrected chi connectivity index (χ0v) is 13.3. The molecule has 0 radical (unpaired) electrons. The van der Waals surface area contributed by atoms with E-state index in [9.17, 15) is 26.4 Å². The third kappa shape index (κ3) is 4.46. The molecule has 4 nitrogen and oxygen atoms in total. The Hall–Kier alpha value is -1.57. The molecular weight excluding hydrogens is 319 g/mol. The van der Waals surface area contributed by atoms with E-state index >= 15 is 0 Å². The normalized spacial score (nSPS) is 14.0. The summed E-state index contributed by atoms with van der Waals surface area (Å²) in [5.74, 6) is -0.673. The molecule has 0 fully saturated rings. The summed E-state index contributed by atoms with van der Waals surface area (Å²) in [5, 5.41) is 0.531. The zero-order valence-electron chi connectivity index (χ0n) is 12.4. The Morgan fingerprint density at radius 2 is 1.64 bits per heavy atom. The molecule has 0 saturated carbocycles. The molecule has 0 aromatic heterocycles. The Kier molecular flexibility index (Phi) is 5.61. The molecule has 1 amide bonds. The summed E-state index contributed by atoms with van der Waals surface area (Å²) >= 11 is 0. The lowest BCUT2D eigenvalue weighted by molar-refractivity contribution is -0.137. The highest BCUT2D eigenvalue weighted by Gasteiger charge is 2.31. The van der Waals surface area contributed by atoms with Gasteiger partial charge in [-0.25, -0.2) is 8.42 Å². The number of alkyl halides is 3. The van der Waals surface area contributed by atoms with E-state index in [1.807, 2.05) is 0 Å². The topological polar surface area (TPSA) is 63.2 Å². The van der Waals surface area contributed by atoms with Gasteiger partial charge in [0.1, 0.15) is 5.25 Å². The molecule has 1 aromatic carbocycles. The summed E-state index contributed by atoms with van der Waals surface area (Å²) in [5.41, 5.74) is -0.325. The van der Waals surface area contributed by atoms with Crippen LogP contribution in [0, 0.1) is 0 Å². The number of rotatable bonds is 5. The summed E-state index contributed by atoms with van der Waals surface area (Å²) in [4.78, 5) is 11.8. The molecule has 0 aliphatic heterocycles. The Morgan fingerprint density at radius 1 is 1.14 bits per heavy atom. The van der Waals surface area contributed by atoms with Gasteiger partial charge in [0.25, 0.3) is 0 Å². The van der Waals surface area contributed by atoms with Crippen LogP contribution < -0.4 is 5.32 Å². The van der Waals surface area contributed by atoms with Crippen LogP contribution in [-0.4, -0.2) is 24.8 Å². The van der Waals surface area contributed by atoms with E-state index in [4.69, 9.17) is 0 Å². The molecule has 0 heterocycles. The van der Waals surface area contributed by atoms with Crippen LogP contribution in [0.3, 0.4) is 0 Å². The average molecular weight is 337 g/mol. The van der Waals surface area contributed by atoms with Gasteiger partial charge in [-0.3, -0.25) is 4.79 Å². The lowest BCUT2D eigenvalue weighted by Gasteiger charge is -2.15. The second-order valence-corrected chi connectivity index (χ2v) is 8.02. The van der Waals surface area contributed by atoms with Crippen LogP contribution in [-0.2, 0) is 27.4 Å². The third-order valence-corrected chi connectivity index (χ3v) is 5.78. The van der Waals surface area contributed by atoms with E-state index in [1.54, 1.807) is 0 Å². The maximum atomic E-state index is 12.4. The lowest BCUT2D eigenvalue weighted by Crippen LogP contribution is -2.40. The monoisotopic (exact) mass is 337 g/mol. The summed E-state index contributed by atoms with van der Waals surface area (Å²) in [6.07, 6.45) is -4.42. The predicted molar refractivity (Wildman–Crippen MR) is 76.8 cm³/mol. The largest absolute Gasteiger partial charge is 0.416 e. The Labute approximate surface area is 127 Å². The smallest absolute Gasteiger partial charge is 0.351 e. The van der Waals surface area contributed by atoms with Gasteiger partial charge in [-0.05, 0) is 38.5 Å². The molecule has 1 atom stereocenters. The van der Waals surface area contributed by atoms with Crippen molar-refractivity contribution in [3.63, 3.8) is 0 Å². The van der Waals surface area contributed by atoms with Gasteiger partial charge in [-0.2, -0.15) is 13.2 Å². The van der Waals surface area contributed by atoms with E-state index in [1.165, 1.54) is 32.9 Å². The highest BCUT2D eigenvalue weighted by molar-refractivity contribution is 7.93. The van der Waals surface area contributed by atoms with Crippen LogP contribution in [0.1, 0.15) is 31.9 Å². The third-order valence-electron chi connectivity index (χ3n) is 3.27. The fourth-order valence-electron chi connectivity index (χ4n) is 1.70. The summed E-state index contributed by atoms with van der Waals surface area (Å²) in [6.45, 7) is 4.22. The van der Waals surface area contributed by atoms with Gasteiger partial charge in [0, 0.05) is 6.54 Å². The molecule has 0 bridgehead atoms. The number of carbonyl (C=O) groups excluding carboxylic acids is 1. The van der Waals surface area contributed by atoms with Crippen LogP contribution in [0.15, 0.2) is 24.3 Å². The minimum Gasteiger partial charge on any atom is -0.351 e. The van der Waals surface area contributed by atoms with Crippen LogP contribution in [0.5, 0.6) is 0 Å². The van der Waals surface area contributed by atoms with Gasteiger partial charge in [-0.15, -0.1) is 0 Å². The Bertz CT molecular complexity index is 622. The standard InChI is InChI=1S/C14H18F3NO3S/c1-9(2)22(20,21)10(3)13(19)18-8-11-4-6-12(7-5-11)14(15,16)17/h4-7,9-10H,8H2,1-3H3,(H,18,19)/t10-/m1/s1. The number of sulfone groups is 1. The molecule has 22 heavy (non-hydrogen) atoms. The first-order valence-electron chi connectivity index (χ1n) is 6.63. The number of carbonyl (C=O) groups is 1. The van der Waals surface area contributed by atoms with Gasteiger partial charge in [0.15, 0.2) is 9.84 Å². The SMILES string of the molecule is CC(C)S(=O)(=O)[C@H](C)C(=O)NCc1ccc(C(F)(F)F)cc1. The van der Waals surface area contributed by atoms with Crippen molar-refractivity contribution >= 4 is 15.7 Å². The van der Waals surface area contributed by atoms with Crippen molar-refractivity contribution in [2.75, 3.05) is 0 Å². The molecule has 0 unspecified atom stereocenters. The molecule has 0 aliphatic carbocycles. The number of benzene rings is 1. The highest BCUT2D eigenvalue weighted by atomic mass is 32.2. The van der Waals surface area contributed by atoms with Gasteiger partial charge in [-0.1, -0.05) is 12.1 Å². The highest BCUT2D eigenvalue weighted by Crippen LogP contribution is 2.29. The molecule has 0 spiro atoms. The molecule has 8 heteroatoms. The van der Waals surface area contributed by atoms with Crippen molar-refractivity contribution in [2.45, 2.75) is 44.0 Å². The van der Waals surface area contributed by atoms with Crippen LogP contribution in [0.4, 0.5) is 13.2 Å². The van der Waals surface area contributed by atoms with Gasteiger partial charge < -0.3 is 5.32 Å². The number of hydrogen-bond donors (Lipinski definition) is 1. The first kappa shape index (κ1) is 18.5. The average Bonchev–Trinajstić information content (AvgIpc) is 2.43. The van der Waals surface area contributed by atoms with Gasteiger partial charge in [0.05, 0.1) is 10.8 Å². The quantitative estimate of drug-likeness (QED) is 0.898. The van der Waals surface area contributed by atoms with Crippen molar-refractivity contribution in [1.82, 2.24) is 5.32 Å². The van der Waals surface area contributed by atoms with Crippen molar-refractivity contribution in [3.8, 4) is 0 Å². The van der Waals surface area contributed by atoms with E-state index < -0.39 is 38.0 Å². The molecule has 1 N–H and O–H groups in total. The number of hydrogen-bond acceptors (Lipinski definition) is 3. The van der Waals surface area contributed by atoms with Crippen molar-refractivity contribution in [3.05, 3.63) is 35.4 Å². The second kappa shape index (κ2) is 6.68. The lowest BCUT2D eigenvalue weighted by atomic mass is 10.1. The first-order chi connectivity index (χ1) is 9.96. The minimum atomic E-state index is -4.42. The van der Waals surface area contributed by atoms with E-state index in [2.05, 4.69) is 5.32 Å². The zero-order chi connectivity index (χ0) is 17.1. The Morgan fingerprint density at radius 3 is 2.05 bits per heavy atom. The van der Waals surface area contributed by atoms with Crippen LogP contribution in [0.2, 0.25) is 0 Å². The first-order valence-corrected chi connectivity index (χ1v) is 8.23. The molecule has 0 saturated heterocycles. The molecule has 124 valence electrons. The summed E-state index contributed by atoms with van der Waals surface area (Å²) in [6, 6.07) is 4.31. The van der Waals surface area contributed by atoms with E-state index in [0.717, 1.165) is 12.1 Å². The molecule has 0 aliphatic rings. The van der Waals surface area contributed by atoms with Gasteiger partial charge in [0.2, 0.25) is 5.91 Å². The van der Waals surface area contributed by atoms with Gasteiger partial charge >= 0.3 is 6.18 Å². The maximum Gasteiger partial charge on any atom is 0.416 e. The number of halogens is 3. The molecule has 1 rings (SSSR count). The van der Waals surface area contributed by atoms with E-state index in [-0.39, 0.29) is 6.54 Å². The fraction of sp³-hybridized carbons (Fsp3) is 0.500. The van der Waals surface area contributed by atoms with Crippen molar-refractivity contribution < 1.29 is 26.4 Å². The van der Waals surface area contributed by atoms with Crippen molar-refractivity contribution in [1.29, 1.82) is 0 Å². The van der Waals surface area contributed by atoms with Crippen LogP contribution in [0.25, 0.3) is 0 Å². The van der Waals surface area contributed by atoms with Crippen LogP contribution >= 0.6 is 0 Å². The number of nitrogens with one attached hydrogen (secondary N) is 1. The predicted octanol–water partition coefficient (Wildman–Crippen LogP) is 2.53. The fourth-order valence-corrected chi connectivity index (χ4v) is 2.90. The molecule has 1 aromatic rings. The molecular formula is C14H18F3NO3S. The minimum absolute atomic E-state index is 0.0328. The van der Waals surface area contributed by atoms with E-state index in [0.29, 0.717) is 5.56 Å². The maximum absolute atomic E-state index is 12.4. The summed E-state index contributed by atoms with van der Waals surface area (Å²) < 4.78 is 60.9. The van der Waals surface area contributed by atoms with Crippen molar-refractivity contribution in [2.24, 2.45) is 0 Å². The Balaban J connectivity index is 2.69. The second-order valence-electron chi connectivity index (χ2n) is 5.19.